The van der Waals surface area contributed by atoms with Gasteiger partial charge in [0, 0.05) is 24.7 Å². The quantitative estimate of drug-likeness (QED) is 0.0433. The fourth-order valence-electron chi connectivity index (χ4n) is 16.5. The molecule has 27 atom stereocenters. The van der Waals surface area contributed by atoms with E-state index in [1.54, 1.807) is 6.92 Å². The summed E-state index contributed by atoms with van der Waals surface area (Å²) in [7, 11) is 0. The largest absolute Gasteiger partial charge is 0.479 e. The number of hydrogen-bond acceptors (Lipinski definition) is 24. The maximum absolute atomic E-state index is 14.1. The van der Waals surface area contributed by atoms with Gasteiger partial charge in [-0.25, -0.2) is 9.59 Å². The van der Waals surface area contributed by atoms with Gasteiger partial charge in [-0.05, 0) is 85.9 Å². The lowest BCUT2D eigenvalue weighted by molar-refractivity contribution is -0.392. The highest BCUT2D eigenvalue weighted by atomic mass is 16.8. The number of carboxylic acid groups (broad SMARTS) is 1. The third-order valence-corrected chi connectivity index (χ3v) is 21.3. The molecule has 0 radical (unpaired) electrons. The van der Waals surface area contributed by atoms with Gasteiger partial charge < -0.3 is 104 Å². The Morgan fingerprint density at radius 1 is 0.704 bits per heavy atom. The molecule has 4 saturated carbocycles. The molecule has 0 aromatic rings. The Hall–Kier alpha value is -3.06. The van der Waals surface area contributed by atoms with Crippen molar-refractivity contribution >= 4 is 23.9 Å². The van der Waals surface area contributed by atoms with Crippen molar-refractivity contribution in [2.24, 2.45) is 50.2 Å². The van der Waals surface area contributed by atoms with E-state index < -0.39 is 204 Å². The molecule has 8 rings (SSSR count). The fraction of sp³-hybridized carbons (Fsp3) is 0.893. The number of rotatable bonds is 14. The van der Waals surface area contributed by atoms with Crippen LogP contribution in [0, 0.1) is 50.2 Å². The first kappa shape index (κ1) is 63.9. The number of hydrogen-bond donors (Lipinski definition) is 12. The van der Waals surface area contributed by atoms with Crippen LogP contribution in [-0.4, -0.2) is 227 Å². The highest BCUT2D eigenvalue weighted by Crippen LogP contribution is 2.76. The molecule has 3 saturated heterocycles. The minimum Gasteiger partial charge on any atom is -0.479 e. The predicted molar refractivity (Wildman–Crippen MR) is 274 cm³/mol. The summed E-state index contributed by atoms with van der Waals surface area (Å²) in [6.45, 7) is 17.1. The molecule has 5 aliphatic carbocycles. The normalized spacial score (nSPS) is 49.0. The van der Waals surface area contributed by atoms with Gasteiger partial charge >= 0.3 is 23.9 Å². The van der Waals surface area contributed by atoms with Crippen LogP contribution in [0.25, 0.3) is 0 Å². The van der Waals surface area contributed by atoms with E-state index in [1.165, 1.54) is 6.92 Å². The Labute approximate surface area is 470 Å². The molecule has 3 aliphatic heterocycles. The SMILES string of the molecule is CC[C@](C)(OC(C)=O)C(=O)O[C@H]1[C@H](OC(C)=O)[C@]2(CO)[C@H](O)[C@H](O)[C@]3(C)C(=CC[C@@H]4[C@@]5(C)CC[C@H](O[C@@H]6O[C@H](C(=O)O)[C@@H](O)[C@H](O[C@@H]7OC[C@H](O)[C@H](O)[C@H]7O)[C@H]6O[C@@H]6O[C@H](CO)[C@@H](O)[C@H](O)[C@H]6O)C(C)(C)[C@@H]5CC[C@]43C)[C@@H]2CC1(C)C. The van der Waals surface area contributed by atoms with Gasteiger partial charge in [0.1, 0.15) is 67.1 Å². The summed E-state index contributed by atoms with van der Waals surface area (Å²) in [6, 6.07) is 0. The number of allylic oxidation sites excluding steroid dienone is 1. The van der Waals surface area contributed by atoms with Gasteiger partial charge in [-0.1, -0.05) is 67.0 Å². The van der Waals surface area contributed by atoms with Crippen molar-refractivity contribution in [2.75, 3.05) is 19.8 Å². The van der Waals surface area contributed by atoms with Gasteiger partial charge in [-0.2, -0.15) is 0 Å². The van der Waals surface area contributed by atoms with Crippen molar-refractivity contribution in [1.29, 1.82) is 0 Å². The lowest BCUT2D eigenvalue weighted by Gasteiger charge is -2.73. The van der Waals surface area contributed by atoms with Crippen LogP contribution < -0.4 is 0 Å². The molecule has 0 spiro atoms. The number of carboxylic acids is 1. The first-order valence-electron chi connectivity index (χ1n) is 28.3. The summed E-state index contributed by atoms with van der Waals surface area (Å²) in [5.74, 6) is -5.18. The van der Waals surface area contributed by atoms with Crippen molar-refractivity contribution in [3.63, 3.8) is 0 Å². The number of ether oxygens (including phenoxy) is 9. The number of esters is 3. The second kappa shape index (κ2) is 22.7. The number of aliphatic carboxylic acids is 1. The van der Waals surface area contributed by atoms with Crippen LogP contribution >= 0.6 is 0 Å². The highest BCUT2D eigenvalue weighted by molar-refractivity contribution is 5.82. The average Bonchev–Trinajstić information content (AvgIpc) is 3.38. The minimum atomic E-state index is -2.14. The predicted octanol–water partition coefficient (Wildman–Crippen LogP) is -0.918. The summed E-state index contributed by atoms with van der Waals surface area (Å²) in [6.07, 6.45) is -28.3. The van der Waals surface area contributed by atoms with Crippen LogP contribution in [0.15, 0.2) is 11.6 Å². The monoisotopic (exact) mass is 1160 g/mol. The molecule has 462 valence electrons. The second-order valence-corrected chi connectivity index (χ2v) is 26.5. The Balaban J connectivity index is 1.13. The van der Waals surface area contributed by atoms with E-state index in [2.05, 4.69) is 19.9 Å². The lowest BCUT2D eigenvalue weighted by atomic mass is 9.32. The van der Waals surface area contributed by atoms with Gasteiger partial charge in [0.2, 0.25) is 5.60 Å². The Morgan fingerprint density at radius 3 is 1.94 bits per heavy atom. The van der Waals surface area contributed by atoms with E-state index in [9.17, 15) is 80.5 Å². The van der Waals surface area contributed by atoms with E-state index in [1.807, 2.05) is 34.6 Å². The highest BCUT2D eigenvalue weighted by Gasteiger charge is 2.76. The zero-order valence-electron chi connectivity index (χ0n) is 48.0. The van der Waals surface area contributed by atoms with Crippen LogP contribution in [0.5, 0.6) is 0 Å². The molecule has 7 fully saturated rings. The molecule has 0 unspecified atom stereocenters. The fourth-order valence-corrected chi connectivity index (χ4v) is 16.5. The first-order chi connectivity index (χ1) is 37.6. The average molecular weight is 1160 g/mol. The maximum Gasteiger partial charge on any atom is 0.350 e. The number of fused-ring (bicyclic) bond motifs is 7. The number of aliphatic hydroxyl groups is 11. The van der Waals surface area contributed by atoms with Crippen LogP contribution in [0.3, 0.4) is 0 Å². The van der Waals surface area contributed by atoms with Gasteiger partial charge in [0.05, 0.1) is 43.5 Å². The van der Waals surface area contributed by atoms with E-state index >= 15 is 0 Å². The van der Waals surface area contributed by atoms with Crippen LogP contribution in [-0.2, 0) is 61.8 Å². The van der Waals surface area contributed by atoms with E-state index in [-0.39, 0.29) is 24.7 Å². The lowest BCUT2D eigenvalue weighted by Crippen LogP contribution is -2.76. The Bertz CT molecular complexity index is 2370. The Kier molecular flexibility index (Phi) is 17.9. The number of carbonyl (C=O) groups is 4. The van der Waals surface area contributed by atoms with E-state index in [0.717, 1.165) is 19.4 Å². The van der Waals surface area contributed by atoms with Crippen molar-refractivity contribution < 1.29 is 123 Å². The first-order valence-corrected chi connectivity index (χ1v) is 28.3. The number of aliphatic hydroxyl groups excluding tert-OH is 11. The van der Waals surface area contributed by atoms with E-state index in [4.69, 9.17) is 42.6 Å². The molecular formula is C56H88O25. The third kappa shape index (κ3) is 10.2. The van der Waals surface area contributed by atoms with Gasteiger partial charge in [-0.3, -0.25) is 9.59 Å². The van der Waals surface area contributed by atoms with Crippen molar-refractivity contribution in [3.05, 3.63) is 11.6 Å². The summed E-state index contributed by atoms with van der Waals surface area (Å²) in [5, 5.41) is 134. The molecule has 25 heteroatoms. The van der Waals surface area contributed by atoms with Crippen LogP contribution in [0.2, 0.25) is 0 Å². The smallest absolute Gasteiger partial charge is 0.350 e. The van der Waals surface area contributed by atoms with Gasteiger partial charge in [-0.15, -0.1) is 0 Å². The van der Waals surface area contributed by atoms with Crippen LogP contribution in [0.1, 0.15) is 121 Å². The Morgan fingerprint density at radius 2 is 1.35 bits per heavy atom. The summed E-state index contributed by atoms with van der Waals surface area (Å²) < 4.78 is 54.1. The van der Waals surface area contributed by atoms with Crippen molar-refractivity contribution in [1.82, 2.24) is 0 Å². The summed E-state index contributed by atoms with van der Waals surface area (Å²) >= 11 is 0. The molecule has 0 aromatic heterocycles. The standard InChI is InChI=1S/C56H88O25/c1-12-54(10,81-24(3)60)49(72)80-43-44(74-23(2)59)56(22-58)26(19-50(43,4)5)25-13-14-30-52(8)17-16-31(51(6,7)29(52)15-18-53(30,9)55(25,11)41(68)42(56)69)76-48-40(79-47-36(66)34(64)33(63)28(20-57)75-47)38(37(67)39(78-48)45(70)71)77-46-35(65)32(62)27(61)21-73-46/h13,26-44,46-48,57-58,61-69H,12,14-22H2,1-11H3,(H,70,71)/t26-,27-,28+,29-,30+,31-,32-,33+,34-,35+,36+,37-,38-,39-,40+,41-,42+,43-,44-,46-,47-,48+,52-,53+,54-,55-,56-/m0/s1. The third-order valence-electron chi connectivity index (χ3n) is 21.3. The molecule has 3 heterocycles. The topological polar surface area (TPSA) is 394 Å². The second-order valence-electron chi connectivity index (χ2n) is 26.5. The van der Waals surface area contributed by atoms with Crippen molar-refractivity contribution in [3.8, 4) is 0 Å². The van der Waals surface area contributed by atoms with Gasteiger partial charge in [0.25, 0.3) is 0 Å². The molecule has 25 nitrogen and oxygen atoms in total. The van der Waals surface area contributed by atoms with E-state index in [0.29, 0.717) is 32.1 Å². The zero-order valence-corrected chi connectivity index (χ0v) is 48.0. The molecule has 0 amide bonds. The molecule has 81 heavy (non-hydrogen) atoms. The zero-order chi connectivity index (χ0) is 60.2. The summed E-state index contributed by atoms with van der Waals surface area (Å²) in [4.78, 5) is 52.2. The molecule has 0 bridgehead atoms. The molecule has 0 aromatic carbocycles. The molecule has 8 aliphatic rings. The van der Waals surface area contributed by atoms with Crippen molar-refractivity contribution in [2.45, 2.75) is 243 Å². The van der Waals surface area contributed by atoms with Gasteiger partial charge in [0.15, 0.2) is 31.1 Å². The summed E-state index contributed by atoms with van der Waals surface area (Å²) in [5.41, 5.74) is -7.04. The van der Waals surface area contributed by atoms with Crippen LogP contribution in [0.4, 0.5) is 0 Å². The molecular weight excluding hydrogens is 1070 g/mol. The maximum atomic E-state index is 14.1. The number of carbonyl (C=O) groups excluding carboxylic acids is 3. The minimum absolute atomic E-state index is 0.0397. The molecule has 12 N–H and O–H groups in total.